The number of nitriles is 2. The summed E-state index contributed by atoms with van der Waals surface area (Å²) in [5, 5.41) is 53.7. The number of aliphatic hydroxyl groups excluding tert-OH is 1. The molecule has 1 atom stereocenters. The normalized spacial score (nSPS) is 11.3. The number of carboxylic acids is 2. The molecule has 0 aliphatic heterocycles. The van der Waals surface area contributed by atoms with Crippen molar-refractivity contribution in [1.82, 2.24) is 30.6 Å². The predicted octanol–water partition coefficient (Wildman–Crippen LogP) is 7.94. The van der Waals surface area contributed by atoms with E-state index in [0.29, 0.717) is 89.7 Å². The standard InChI is InChI=1S/C48H43BrCl2N8O9/c49-40-14-36(23-57-24-37(60)15-43(63)64)47(67-26-32-13-30(17-53)19-56-21-32)59-48(40)68-28-35-5-2-7-39(45(35)51)38-6-1-4-34(44(38)50)27-65-41-10-9-33(22-54-11-3-8-42(61)62)46(58-41)66-25-31-12-29(16-52)18-55-20-31/h1-2,4-7,9-10,12-14,18-21,37,54,57,60H,3,8,11,15,22-28H2,(H,61,62)(H,63,64)/t37-/m0/s1. The Morgan fingerprint density at radius 1 is 0.676 bits per heavy atom. The highest BCUT2D eigenvalue weighted by molar-refractivity contribution is 9.10. The number of carbonyl (C=O) groups is 2. The lowest BCUT2D eigenvalue weighted by molar-refractivity contribution is -0.139. The lowest BCUT2D eigenvalue weighted by Gasteiger charge is -2.17. The maximum absolute atomic E-state index is 11.0. The fourth-order valence-electron chi connectivity index (χ4n) is 6.53. The van der Waals surface area contributed by atoms with Gasteiger partial charge in [-0.1, -0.05) is 59.6 Å². The van der Waals surface area contributed by atoms with Crippen molar-refractivity contribution in [3.63, 3.8) is 0 Å². The fourth-order valence-corrected chi connectivity index (χ4v) is 7.57. The number of nitrogens with one attached hydrogen (secondary N) is 2. The maximum atomic E-state index is 11.0. The van der Waals surface area contributed by atoms with E-state index in [4.69, 9.17) is 52.4 Å². The molecule has 20 heteroatoms. The average molecular weight is 1030 g/mol. The van der Waals surface area contributed by atoms with E-state index in [0.717, 1.165) is 0 Å². The van der Waals surface area contributed by atoms with Gasteiger partial charge in [0.25, 0.3) is 0 Å². The first-order chi connectivity index (χ1) is 32.9. The Balaban J connectivity index is 1.16. The fraction of sp³-hybridized carbons (Fsp3) is 0.250. The van der Waals surface area contributed by atoms with Gasteiger partial charge in [-0.25, -0.2) is 0 Å². The van der Waals surface area contributed by atoms with Gasteiger partial charge in [-0.3, -0.25) is 19.6 Å². The number of aromatic nitrogens is 4. The van der Waals surface area contributed by atoms with Crippen LogP contribution in [-0.2, 0) is 49.1 Å². The van der Waals surface area contributed by atoms with Crippen LogP contribution in [0.15, 0.2) is 96.0 Å². The van der Waals surface area contributed by atoms with Crippen molar-refractivity contribution in [3.05, 3.63) is 151 Å². The van der Waals surface area contributed by atoms with Gasteiger partial charge in [0.05, 0.1) is 38.2 Å². The Morgan fingerprint density at radius 3 is 1.84 bits per heavy atom. The number of benzene rings is 2. The molecule has 0 bridgehead atoms. The van der Waals surface area contributed by atoms with Crippen LogP contribution < -0.4 is 29.6 Å². The Bertz CT molecular complexity index is 2830. The third-order valence-electron chi connectivity index (χ3n) is 9.85. The zero-order valence-electron chi connectivity index (χ0n) is 36.1. The Labute approximate surface area is 409 Å². The van der Waals surface area contributed by atoms with Gasteiger partial charge in [0.1, 0.15) is 38.6 Å². The van der Waals surface area contributed by atoms with Crippen LogP contribution in [0, 0.1) is 22.7 Å². The van der Waals surface area contributed by atoms with Crippen molar-refractivity contribution in [3.8, 4) is 46.8 Å². The topological polar surface area (TPSA) is 255 Å². The van der Waals surface area contributed by atoms with Gasteiger partial charge in [-0.15, -0.1) is 0 Å². The molecule has 17 nitrogen and oxygen atoms in total. The van der Waals surface area contributed by atoms with Gasteiger partial charge in [0, 0.05) is 101 Å². The van der Waals surface area contributed by atoms with Gasteiger partial charge in [-0.05, 0) is 53.2 Å². The van der Waals surface area contributed by atoms with Gasteiger partial charge in [-0.2, -0.15) is 20.5 Å². The molecule has 350 valence electrons. The second kappa shape index (κ2) is 25.3. The van der Waals surface area contributed by atoms with E-state index in [-0.39, 0.29) is 69.5 Å². The first-order valence-electron chi connectivity index (χ1n) is 20.9. The molecule has 5 N–H and O–H groups in total. The highest BCUT2D eigenvalue weighted by Gasteiger charge is 2.19. The molecule has 68 heavy (non-hydrogen) atoms. The molecular formula is C48H43BrCl2N8O9. The summed E-state index contributed by atoms with van der Waals surface area (Å²) < 4.78 is 25.0. The molecule has 0 fully saturated rings. The average Bonchev–Trinajstić information content (AvgIpc) is 3.33. The molecule has 0 spiro atoms. The van der Waals surface area contributed by atoms with Crippen molar-refractivity contribution < 1.29 is 43.9 Å². The van der Waals surface area contributed by atoms with Crippen LogP contribution in [0.4, 0.5) is 0 Å². The highest BCUT2D eigenvalue weighted by Crippen LogP contribution is 2.38. The molecule has 0 radical (unpaired) electrons. The van der Waals surface area contributed by atoms with Crippen LogP contribution in [0.25, 0.3) is 11.1 Å². The van der Waals surface area contributed by atoms with Crippen molar-refractivity contribution in [2.24, 2.45) is 0 Å². The summed E-state index contributed by atoms with van der Waals surface area (Å²) in [5.41, 5.74) is 5.89. The molecule has 0 saturated carbocycles. The zero-order chi connectivity index (χ0) is 48.4. The van der Waals surface area contributed by atoms with Crippen LogP contribution in [-0.4, -0.2) is 66.4 Å². The van der Waals surface area contributed by atoms with Crippen LogP contribution in [0.3, 0.4) is 0 Å². The molecule has 4 heterocycles. The SMILES string of the molecule is N#Cc1cncc(COc2nc(OCc3cccc(-c4cccc(COc5nc(OCc6cncc(C#N)c6)c(CNC[C@@H](O)CC(=O)O)cc5Br)c4Cl)c3Cl)ccc2CNCCCC(=O)O)c1. The summed E-state index contributed by atoms with van der Waals surface area (Å²) in [6.07, 6.45) is 5.03. The Hall–Kier alpha value is -6.90. The third kappa shape index (κ3) is 14.8. The van der Waals surface area contributed by atoms with Crippen molar-refractivity contribution in [1.29, 1.82) is 10.5 Å². The summed E-state index contributed by atoms with van der Waals surface area (Å²) in [4.78, 5) is 39.4. The highest BCUT2D eigenvalue weighted by atomic mass is 79.9. The van der Waals surface area contributed by atoms with E-state index in [1.807, 2.05) is 36.4 Å². The summed E-state index contributed by atoms with van der Waals surface area (Å²) in [5.74, 6) is -1.08. The largest absolute Gasteiger partial charge is 0.481 e. The summed E-state index contributed by atoms with van der Waals surface area (Å²) in [7, 11) is 0. The van der Waals surface area contributed by atoms with Crippen LogP contribution in [0.5, 0.6) is 23.5 Å². The smallest absolute Gasteiger partial charge is 0.306 e. The van der Waals surface area contributed by atoms with Crippen LogP contribution in [0.1, 0.15) is 63.8 Å². The first kappa shape index (κ1) is 50.5. The Kier molecular flexibility index (Phi) is 18.8. The number of ether oxygens (including phenoxy) is 4. The van der Waals surface area contributed by atoms with E-state index in [1.54, 1.807) is 42.7 Å². The van der Waals surface area contributed by atoms with Crippen LogP contribution >= 0.6 is 39.1 Å². The van der Waals surface area contributed by atoms with E-state index in [9.17, 15) is 25.2 Å². The number of aliphatic hydroxyl groups is 1. The number of pyridine rings is 4. The molecular weight excluding hydrogens is 983 g/mol. The molecule has 0 aliphatic rings. The number of rotatable bonds is 25. The molecule has 0 amide bonds. The molecule has 2 aromatic carbocycles. The molecule has 0 unspecified atom stereocenters. The molecule has 0 aliphatic carbocycles. The molecule has 0 saturated heterocycles. The quantitative estimate of drug-likeness (QED) is 0.0341. The van der Waals surface area contributed by atoms with E-state index < -0.39 is 24.5 Å². The Morgan fingerprint density at radius 2 is 1.25 bits per heavy atom. The number of nitrogens with zero attached hydrogens (tertiary/aromatic N) is 6. The number of hydrogen-bond donors (Lipinski definition) is 5. The number of carboxylic acid groups (broad SMARTS) is 2. The minimum Gasteiger partial charge on any atom is -0.481 e. The van der Waals surface area contributed by atoms with Gasteiger partial charge in [0.2, 0.25) is 23.5 Å². The second-order valence-corrected chi connectivity index (χ2v) is 16.6. The zero-order valence-corrected chi connectivity index (χ0v) is 39.2. The maximum Gasteiger partial charge on any atom is 0.306 e. The molecule has 6 aromatic rings. The van der Waals surface area contributed by atoms with Crippen molar-refractivity contribution in [2.75, 3.05) is 13.1 Å². The third-order valence-corrected chi connectivity index (χ3v) is 11.3. The second-order valence-electron chi connectivity index (χ2n) is 15.0. The number of aliphatic carboxylic acids is 2. The van der Waals surface area contributed by atoms with Gasteiger partial charge < -0.3 is 44.9 Å². The van der Waals surface area contributed by atoms with Crippen LogP contribution in [0.2, 0.25) is 10.0 Å². The van der Waals surface area contributed by atoms with E-state index >= 15 is 0 Å². The van der Waals surface area contributed by atoms with E-state index in [2.05, 4.69) is 58.6 Å². The predicted molar refractivity (Wildman–Crippen MR) is 252 cm³/mol. The number of hydrogen-bond acceptors (Lipinski definition) is 15. The summed E-state index contributed by atoms with van der Waals surface area (Å²) in [6.45, 7) is 1.15. The molecule has 6 rings (SSSR count). The summed E-state index contributed by atoms with van der Waals surface area (Å²) >= 11 is 17.6. The minimum atomic E-state index is -1.12. The minimum absolute atomic E-state index is 0.00452. The van der Waals surface area contributed by atoms with Crippen molar-refractivity contribution >= 4 is 51.1 Å². The van der Waals surface area contributed by atoms with E-state index in [1.165, 1.54) is 12.4 Å². The monoisotopic (exact) mass is 1020 g/mol. The summed E-state index contributed by atoms with van der Waals surface area (Å²) in [6, 6.07) is 23.7. The number of halogens is 3. The molecule has 4 aromatic heterocycles. The van der Waals surface area contributed by atoms with Crippen molar-refractivity contribution in [2.45, 2.75) is 64.9 Å². The lowest BCUT2D eigenvalue weighted by atomic mass is 10.0. The van der Waals surface area contributed by atoms with Gasteiger partial charge in [0.15, 0.2) is 0 Å². The lowest BCUT2D eigenvalue weighted by Crippen LogP contribution is -2.28. The van der Waals surface area contributed by atoms with Gasteiger partial charge >= 0.3 is 11.9 Å². The first-order valence-corrected chi connectivity index (χ1v) is 22.4.